The average molecular weight is 288 g/mol. The zero-order valence-corrected chi connectivity index (χ0v) is 13.4. The first kappa shape index (κ1) is 16.2. The molecular weight excluding hydrogens is 260 g/mol. The predicted octanol–water partition coefficient (Wildman–Crippen LogP) is 2.74. The monoisotopic (exact) mass is 288 g/mol. The summed E-state index contributed by atoms with van der Waals surface area (Å²) < 4.78 is 5.46. The second-order valence-corrected chi connectivity index (χ2v) is 5.65. The van der Waals surface area contributed by atoms with E-state index in [2.05, 4.69) is 66.1 Å². The number of nitrogens with zero attached hydrogens (tertiary/aromatic N) is 2. The fourth-order valence-electron chi connectivity index (χ4n) is 2.80. The standard InChI is InChI=1S/C18H28N2O/c1-3-21-15-14-20-13-12-19(16-17(20)2)11-7-10-18-8-5-4-6-9-18/h4-10,17H,3,11-16H2,1-2H3/b10-7+/t17-/m1/s1. The molecular formula is C18H28N2O. The third kappa shape index (κ3) is 5.62. The molecule has 0 aromatic heterocycles. The number of hydrogen-bond donors (Lipinski definition) is 0. The molecule has 3 heteroatoms. The first-order valence-electron chi connectivity index (χ1n) is 8.05. The Labute approximate surface area is 129 Å². The van der Waals surface area contributed by atoms with Crippen molar-refractivity contribution in [1.29, 1.82) is 0 Å². The van der Waals surface area contributed by atoms with Crippen molar-refractivity contribution < 1.29 is 4.74 Å². The molecule has 0 amide bonds. The van der Waals surface area contributed by atoms with Gasteiger partial charge in [0.05, 0.1) is 6.61 Å². The topological polar surface area (TPSA) is 15.7 Å². The van der Waals surface area contributed by atoms with Crippen molar-refractivity contribution in [2.24, 2.45) is 0 Å². The first-order valence-corrected chi connectivity index (χ1v) is 8.05. The Morgan fingerprint density at radius 1 is 1.24 bits per heavy atom. The van der Waals surface area contributed by atoms with Gasteiger partial charge in [-0.2, -0.15) is 0 Å². The molecule has 0 radical (unpaired) electrons. The summed E-state index contributed by atoms with van der Waals surface area (Å²) in [6.45, 7) is 11.6. The van der Waals surface area contributed by atoms with Crippen molar-refractivity contribution in [3.63, 3.8) is 0 Å². The van der Waals surface area contributed by atoms with E-state index in [1.165, 1.54) is 5.56 Å². The smallest absolute Gasteiger partial charge is 0.0593 e. The van der Waals surface area contributed by atoms with Crippen LogP contribution in [0.4, 0.5) is 0 Å². The highest BCUT2D eigenvalue weighted by atomic mass is 16.5. The van der Waals surface area contributed by atoms with Gasteiger partial charge in [0, 0.05) is 45.4 Å². The van der Waals surface area contributed by atoms with Gasteiger partial charge in [-0.3, -0.25) is 9.80 Å². The zero-order valence-electron chi connectivity index (χ0n) is 13.4. The van der Waals surface area contributed by atoms with Crippen LogP contribution in [0.2, 0.25) is 0 Å². The normalized spacial score (nSPS) is 21.1. The largest absolute Gasteiger partial charge is 0.380 e. The summed E-state index contributed by atoms with van der Waals surface area (Å²) in [5, 5.41) is 0. The van der Waals surface area contributed by atoms with E-state index in [4.69, 9.17) is 4.74 Å². The maximum atomic E-state index is 5.46. The lowest BCUT2D eigenvalue weighted by molar-refractivity contribution is 0.0535. The molecule has 2 rings (SSSR count). The molecule has 0 saturated carbocycles. The molecule has 1 fully saturated rings. The van der Waals surface area contributed by atoms with Crippen LogP contribution in [0.3, 0.4) is 0 Å². The first-order chi connectivity index (χ1) is 10.3. The molecule has 116 valence electrons. The summed E-state index contributed by atoms with van der Waals surface area (Å²) in [6, 6.07) is 11.1. The number of rotatable bonds is 7. The molecule has 1 aromatic carbocycles. The number of benzene rings is 1. The number of ether oxygens (including phenoxy) is 1. The van der Waals surface area contributed by atoms with E-state index in [-0.39, 0.29) is 0 Å². The third-order valence-electron chi connectivity index (χ3n) is 4.05. The Kier molecular flexibility index (Phi) is 6.93. The molecule has 0 unspecified atom stereocenters. The lowest BCUT2D eigenvalue weighted by atomic mass is 10.2. The van der Waals surface area contributed by atoms with Gasteiger partial charge < -0.3 is 4.74 Å². The molecule has 21 heavy (non-hydrogen) atoms. The number of piperazine rings is 1. The van der Waals surface area contributed by atoms with Crippen molar-refractivity contribution in [3.05, 3.63) is 42.0 Å². The quantitative estimate of drug-likeness (QED) is 0.718. The molecule has 1 aliphatic rings. The summed E-state index contributed by atoms with van der Waals surface area (Å²) in [6.07, 6.45) is 4.49. The minimum Gasteiger partial charge on any atom is -0.380 e. The van der Waals surface area contributed by atoms with E-state index in [9.17, 15) is 0 Å². The van der Waals surface area contributed by atoms with Crippen molar-refractivity contribution >= 4 is 6.08 Å². The summed E-state index contributed by atoms with van der Waals surface area (Å²) in [5.41, 5.74) is 1.28. The molecule has 1 atom stereocenters. The van der Waals surface area contributed by atoms with Gasteiger partial charge in [0.15, 0.2) is 0 Å². The molecule has 0 bridgehead atoms. The predicted molar refractivity (Wildman–Crippen MR) is 89.4 cm³/mol. The minimum absolute atomic E-state index is 0.615. The van der Waals surface area contributed by atoms with Gasteiger partial charge in [-0.25, -0.2) is 0 Å². The highest BCUT2D eigenvalue weighted by molar-refractivity contribution is 5.48. The Morgan fingerprint density at radius 3 is 2.76 bits per heavy atom. The lowest BCUT2D eigenvalue weighted by Crippen LogP contribution is -2.52. The van der Waals surface area contributed by atoms with Crippen LogP contribution in [-0.4, -0.2) is 61.8 Å². The molecule has 1 aliphatic heterocycles. The summed E-state index contributed by atoms with van der Waals surface area (Å²) >= 11 is 0. The Morgan fingerprint density at radius 2 is 2.05 bits per heavy atom. The van der Waals surface area contributed by atoms with Crippen molar-refractivity contribution in [3.8, 4) is 0 Å². The second kappa shape index (κ2) is 8.98. The van der Waals surface area contributed by atoms with Gasteiger partial charge in [0.1, 0.15) is 0 Å². The fourth-order valence-corrected chi connectivity index (χ4v) is 2.80. The number of hydrogen-bond acceptors (Lipinski definition) is 3. The molecule has 0 aliphatic carbocycles. The Balaban J connectivity index is 1.71. The van der Waals surface area contributed by atoms with Crippen molar-refractivity contribution in [2.45, 2.75) is 19.9 Å². The van der Waals surface area contributed by atoms with Gasteiger partial charge in [-0.15, -0.1) is 0 Å². The van der Waals surface area contributed by atoms with Crippen LogP contribution in [0.1, 0.15) is 19.4 Å². The van der Waals surface area contributed by atoms with Crippen LogP contribution in [0.15, 0.2) is 36.4 Å². The third-order valence-corrected chi connectivity index (χ3v) is 4.05. The average Bonchev–Trinajstić information content (AvgIpc) is 2.51. The molecule has 3 nitrogen and oxygen atoms in total. The molecule has 1 aromatic rings. The molecule has 0 spiro atoms. The maximum absolute atomic E-state index is 5.46. The van der Waals surface area contributed by atoms with Gasteiger partial charge in [0.25, 0.3) is 0 Å². The SMILES string of the molecule is CCOCCN1CCN(C/C=C/c2ccccc2)C[C@H]1C. The van der Waals surface area contributed by atoms with Crippen molar-refractivity contribution in [2.75, 3.05) is 45.9 Å². The Bertz CT molecular complexity index is 418. The maximum Gasteiger partial charge on any atom is 0.0593 e. The molecule has 1 saturated heterocycles. The summed E-state index contributed by atoms with van der Waals surface area (Å²) in [7, 11) is 0. The lowest BCUT2D eigenvalue weighted by Gasteiger charge is -2.39. The highest BCUT2D eigenvalue weighted by Gasteiger charge is 2.22. The van der Waals surface area contributed by atoms with Crippen LogP contribution in [0, 0.1) is 0 Å². The highest BCUT2D eigenvalue weighted by Crippen LogP contribution is 2.09. The van der Waals surface area contributed by atoms with Crippen molar-refractivity contribution in [1.82, 2.24) is 9.80 Å². The van der Waals surface area contributed by atoms with Crippen LogP contribution in [0.5, 0.6) is 0 Å². The van der Waals surface area contributed by atoms with Crippen LogP contribution < -0.4 is 0 Å². The van der Waals surface area contributed by atoms with Crippen LogP contribution in [-0.2, 0) is 4.74 Å². The van der Waals surface area contributed by atoms with E-state index < -0.39 is 0 Å². The van der Waals surface area contributed by atoms with E-state index in [1.807, 2.05) is 0 Å². The van der Waals surface area contributed by atoms with Gasteiger partial charge in [0.2, 0.25) is 0 Å². The molecule has 1 heterocycles. The van der Waals surface area contributed by atoms with Crippen LogP contribution >= 0.6 is 0 Å². The molecule has 0 N–H and O–H groups in total. The van der Waals surface area contributed by atoms with E-state index in [0.29, 0.717) is 6.04 Å². The van der Waals surface area contributed by atoms with Gasteiger partial charge >= 0.3 is 0 Å². The second-order valence-electron chi connectivity index (χ2n) is 5.65. The van der Waals surface area contributed by atoms with Gasteiger partial charge in [-0.1, -0.05) is 42.5 Å². The van der Waals surface area contributed by atoms with E-state index in [0.717, 1.165) is 45.9 Å². The minimum atomic E-state index is 0.615. The van der Waals surface area contributed by atoms with Gasteiger partial charge in [-0.05, 0) is 19.4 Å². The van der Waals surface area contributed by atoms with E-state index >= 15 is 0 Å². The summed E-state index contributed by atoms with van der Waals surface area (Å²) in [4.78, 5) is 5.06. The van der Waals surface area contributed by atoms with Crippen LogP contribution in [0.25, 0.3) is 6.08 Å². The van der Waals surface area contributed by atoms with E-state index in [1.54, 1.807) is 0 Å². The Hall–Kier alpha value is -1.16. The zero-order chi connectivity index (χ0) is 14.9. The summed E-state index contributed by atoms with van der Waals surface area (Å²) in [5.74, 6) is 0. The fraction of sp³-hybridized carbons (Fsp3) is 0.556.